The van der Waals surface area contributed by atoms with Crippen LogP contribution in [0, 0.1) is 18.6 Å². The van der Waals surface area contributed by atoms with Gasteiger partial charge in [0.2, 0.25) is 0 Å². The number of nitrogens with zero attached hydrogens (tertiary/aromatic N) is 1. The van der Waals surface area contributed by atoms with Crippen molar-refractivity contribution >= 4 is 34.7 Å². The number of aromatic nitrogens is 2. The number of anilines is 1. The normalized spacial score (nSPS) is 11.0. The number of hydrogen-bond donors (Lipinski definition) is 2. The monoisotopic (exact) mass is 397 g/mol. The first kappa shape index (κ1) is 20.0. The second-order valence-corrected chi connectivity index (χ2v) is 7.15. The van der Waals surface area contributed by atoms with Crippen LogP contribution in [-0.4, -0.2) is 29.2 Å². The van der Waals surface area contributed by atoms with E-state index < -0.39 is 0 Å². The number of amides is 1. The van der Waals surface area contributed by atoms with Crippen molar-refractivity contribution in [1.29, 1.82) is 0 Å². The highest BCUT2D eigenvalue weighted by Crippen LogP contribution is 2.18. The number of benzene rings is 2. The van der Waals surface area contributed by atoms with E-state index in [1.165, 1.54) is 4.57 Å². The molecule has 0 bridgehead atoms. The first-order valence-corrected chi connectivity index (χ1v) is 9.46. The smallest absolute Gasteiger partial charge is 0.262 e. The number of hydrogen-bond acceptors (Lipinski definition) is 4. The molecule has 6 nitrogen and oxygen atoms in total. The van der Waals surface area contributed by atoms with E-state index in [0.29, 0.717) is 40.8 Å². The molecule has 0 aliphatic heterocycles. The Bertz CT molecular complexity index is 1150. The Morgan fingerprint density at radius 3 is 2.75 bits per heavy atom. The molecule has 3 aromatic rings. The zero-order valence-corrected chi connectivity index (χ0v) is 17.0. The van der Waals surface area contributed by atoms with Crippen molar-refractivity contribution in [3.05, 3.63) is 68.2 Å². The molecule has 3 rings (SSSR count). The molecule has 0 saturated carbocycles. The molecule has 0 atom stereocenters. The van der Waals surface area contributed by atoms with E-state index in [1.54, 1.807) is 25.3 Å². The summed E-state index contributed by atoms with van der Waals surface area (Å²) < 4.78 is 6.89. The number of nitrogens with one attached hydrogen (secondary N) is 2. The van der Waals surface area contributed by atoms with Crippen molar-refractivity contribution < 1.29 is 9.53 Å². The highest BCUT2D eigenvalue weighted by molar-refractivity contribution is 7.71. The zero-order valence-electron chi connectivity index (χ0n) is 16.2. The number of aromatic amines is 1. The number of H-pyrrole nitrogens is 1. The molecule has 2 N–H and O–H groups in total. The van der Waals surface area contributed by atoms with Crippen molar-refractivity contribution in [3.8, 4) is 0 Å². The molecule has 28 heavy (non-hydrogen) atoms. The molecular weight excluding hydrogens is 374 g/mol. The molecule has 0 spiro atoms. The van der Waals surface area contributed by atoms with E-state index in [9.17, 15) is 9.59 Å². The molecule has 1 aromatic heterocycles. The van der Waals surface area contributed by atoms with Gasteiger partial charge in [-0.1, -0.05) is 12.1 Å². The first-order chi connectivity index (χ1) is 13.4. The minimum Gasteiger partial charge on any atom is -0.385 e. The van der Waals surface area contributed by atoms with Crippen LogP contribution in [0.4, 0.5) is 5.69 Å². The fourth-order valence-electron chi connectivity index (χ4n) is 3.03. The summed E-state index contributed by atoms with van der Waals surface area (Å²) in [5.41, 5.74) is 3.65. The van der Waals surface area contributed by atoms with E-state index in [2.05, 4.69) is 10.3 Å². The van der Waals surface area contributed by atoms with Gasteiger partial charge in [-0.15, -0.1) is 0 Å². The number of ether oxygens (including phenoxy) is 1. The number of carbonyl (C=O) groups is 1. The Balaban J connectivity index is 1.93. The van der Waals surface area contributed by atoms with Crippen molar-refractivity contribution in [2.45, 2.75) is 26.8 Å². The second-order valence-electron chi connectivity index (χ2n) is 6.77. The number of rotatable bonds is 6. The number of methoxy groups -OCH3 is 1. The average Bonchev–Trinajstić information content (AvgIpc) is 2.67. The van der Waals surface area contributed by atoms with Crippen LogP contribution in [0.25, 0.3) is 10.9 Å². The van der Waals surface area contributed by atoms with Crippen molar-refractivity contribution in [2.75, 3.05) is 19.0 Å². The fourth-order valence-corrected chi connectivity index (χ4v) is 3.31. The lowest BCUT2D eigenvalue weighted by Crippen LogP contribution is -2.23. The van der Waals surface area contributed by atoms with Crippen molar-refractivity contribution in [3.63, 3.8) is 0 Å². The summed E-state index contributed by atoms with van der Waals surface area (Å²) in [4.78, 5) is 28.5. The Labute approximate surface area is 168 Å². The lowest BCUT2D eigenvalue weighted by atomic mass is 10.1. The Morgan fingerprint density at radius 1 is 1.21 bits per heavy atom. The lowest BCUT2D eigenvalue weighted by molar-refractivity contribution is 0.102. The largest absolute Gasteiger partial charge is 0.385 e. The standard InChI is InChI=1S/C21H23N3O3S/c1-13-5-6-14(2)17(11-13)22-19(25)15-7-8-16-18(12-15)23-21(28)24(20(16)26)9-4-10-27-3/h5-8,11-12H,4,9-10H2,1-3H3,(H,22,25)(H,23,28). The van der Waals surface area contributed by atoms with E-state index in [0.717, 1.165) is 16.8 Å². The Hall–Kier alpha value is -2.77. The molecule has 0 aliphatic carbocycles. The maximum Gasteiger partial charge on any atom is 0.262 e. The van der Waals surface area contributed by atoms with Crippen LogP contribution in [0.5, 0.6) is 0 Å². The molecule has 0 fully saturated rings. The van der Waals surface area contributed by atoms with Gasteiger partial charge >= 0.3 is 0 Å². The molecule has 2 aromatic carbocycles. The van der Waals surface area contributed by atoms with Gasteiger partial charge in [0.05, 0.1) is 10.9 Å². The number of aryl methyl sites for hydroxylation is 2. The van der Waals surface area contributed by atoms with Crippen LogP contribution in [0.2, 0.25) is 0 Å². The number of carbonyl (C=O) groups excluding carboxylic acids is 1. The summed E-state index contributed by atoms with van der Waals surface area (Å²) in [6.45, 7) is 4.95. The van der Waals surface area contributed by atoms with Crippen molar-refractivity contribution in [2.24, 2.45) is 0 Å². The van der Waals surface area contributed by atoms with Gasteiger partial charge in [-0.05, 0) is 67.9 Å². The predicted molar refractivity (Wildman–Crippen MR) is 114 cm³/mol. The molecular formula is C21H23N3O3S. The van der Waals surface area contributed by atoms with Gasteiger partial charge in [-0.3, -0.25) is 14.2 Å². The topological polar surface area (TPSA) is 76.1 Å². The van der Waals surface area contributed by atoms with Gasteiger partial charge < -0.3 is 15.0 Å². The average molecular weight is 398 g/mol. The van der Waals surface area contributed by atoms with Crippen LogP contribution in [-0.2, 0) is 11.3 Å². The fraction of sp³-hybridized carbons (Fsp3) is 0.286. The van der Waals surface area contributed by atoms with Crippen LogP contribution >= 0.6 is 12.2 Å². The molecule has 1 heterocycles. The third kappa shape index (κ3) is 4.21. The quantitative estimate of drug-likeness (QED) is 0.488. The molecule has 1 amide bonds. The highest BCUT2D eigenvalue weighted by Gasteiger charge is 2.12. The van der Waals surface area contributed by atoms with E-state index in [-0.39, 0.29) is 11.5 Å². The third-order valence-corrected chi connectivity index (χ3v) is 4.94. The molecule has 146 valence electrons. The molecule has 0 aliphatic rings. The molecule has 7 heteroatoms. The summed E-state index contributed by atoms with van der Waals surface area (Å²) in [6, 6.07) is 10.9. The maximum absolute atomic E-state index is 12.7. The first-order valence-electron chi connectivity index (χ1n) is 9.05. The zero-order chi connectivity index (χ0) is 20.3. The lowest BCUT2D eigenvalue weighted by Gasteiger charge is -2.11. The van der Waals surface area contributed by atoms with E-state index in [1.807, 2.05) is 32.0 Å². The Morgan fingerprint density at radius 2 is 2.00 bits per heavy atom. The van der Waals surface area contributed by atoms with Gasteiger partial charge in [0.1, 0.15) is 0 Å². The molecule has 0 unspecified atom stereocenters. The van der Waals surface area contributed by atoms with Crippen LogP contribution in [0.15, 0.2) is 41.2 Å². The molecule has 0 radical (unpaired) electrons. The number of fused-ring (bicyclic) bond motifs is 1. The summed E-state index contributed by atoms with van der Waals surface area (Å²) >= 11 is 5.33. The summed E-state index contributed by atoms with van der Waals surface area (Å²) in [6.07, 6.45) is 0.690. The van der Waals surface area contributed by atoms with Crippen LogP contribution in [0.1, 0.15) is 27.9 Å². The summed E-state index contributed by atoms with van der Waals surface area (Å²) in [5.74, 6) is -0.237. The Kier molecular flexibility index (Phi) is 6.06. The third-order valence-electron chi connectivity index (χ3n) is 4.62. The highest BCUT2D eigenvalue weighted by atomic mass is 32.1. The maximum atomic E-state index is 12.7. The summed E-state index contributed by atoms with van der Waals surface area (Å²) in [7, 11) is 1.62. The van der Waals surface area contributed by atoms with Crippen molar-refractivity contribution in [1.82, 2.24) is 9.55 Å². The van der Waals surface area contributed by atoms with Crippen LogP contribution < -0.4 is 10.9 Å². The van der Waals surface area contributed by atoms with Gasteiger partial charge in [-0.25, -0.2) is 0 Å². The summed E-state index contributed by atoms with van der Waals surface area (Å²) in [5, 5.41) is 3.43. The predicted octanol–water partition coefficient (Wildman–Crippen LogP) is 3.96. The van der Waals surface area contributed by atoms with Gasteiger partial charge in [0, 0.05) is 31.5 Å². The minimum absolute atomic E-state index is 0.170. The van der Waals surface area contributed by atoms with E-state index >= 15 is 0 Å². The van der Waals surface area contributed by atoms with E-state index in [4.69, 9.17) is 17.0 Å². The van der Waals surface area contributed by atoms with Gasteiger partial charge in [0.15, 0.2) is 4.77 Å². The van der Waals surface area contributed by atoms with Gasteiger partial charge in [0.25, 0.3) is 11.5 Å². The molecule has 0 saturated heterocycles. The second kappa shape index (κ2) is 8.50. The SMILES string of the molecule is COCCCn1c(=S)[nH]c2cc(C(=O)Nc3cc(C)ccc3C)ccc2c1=O. The van der Waals surface area contributed by atoms with Crippen LogP contribution in [0.3, 0.4) is 0 Å². The van der Waals surface area contributed by atoms with Gasteiger partial charge in [-0.2, -0.15) is 0 Å². The minimum atomic E-state index is -0.237.